The van der Waals surface area contributed by atoms with Gasteiger partial charge in [0.2, 0.25) is 0 Å². The molecule has 4 aromatic carbocycles. The summed E-state index contributed by atoms with van der Waals surface area (Å²) >= 11 is 0. The number of rotatable bonds is 20. The first-order chi connectivity index (χ1) is 38.2. The van der Waals surface area contributed by atoms with Gasteiger partial charge in [0.25, 0.3) is 0 Å². The van der Waals surface area contributed by atoms with E-state index in [-0.39, 0.29) is 74.4 Å². The molecule has 0 aliphatic carbocycles. The van der Waals surface area contributed by atoms with Crippen molar-refractivity contribution >= 4 is 23.9 Å². The van der Waals surface area contributed by atoms with Crippen LogP contribution in [0.5, 0.6) is 23.0 Å². The third kappa shape index (κ3) is 16.7. The summed E-state index contributed by atoms with van der Waals surface area (Å²) in [5.74, 6) is -11.2. The lowest BCUT2D eigenvalue weighted by Gasteiger charge is -2.48. The number of hydrogen-bond donors (Lipinski definition) is 8. The predicted octanol–water partition coefficient (Wildman–Crippen LogP) is 16.5. The van der Waals surface area contributed by atoms with E-state index >= 15 is 14.4 Å². The fourth-order valence-electron chi connectivity index (χ4n) is 12.7. The van der Waals surface area contributed by atoms with E-state index in [2.05, 4.69) is 0 Å². The Balaban J connectivity index is 2.25. The highest BCUT2D eigenvalue weighted by Crippen LogP contribution is 2.54. The Bertz CT molecular complexity index is 2710. The van der Waals surface area contributed by atoms with Crippen LogP contribution in [0.2, 0.25) is 0 Å². The molecule has 4 aromatic rings. The number of benzene rings is 4. The summed E-state index contributed by atoms with van der Waals surface area (Å²) < 4.78 is 0. The number of phenolic OH excluding ortho intramolecular Hbond substituents is 4. The maximum absolute atomic E-state index is 15.0. The van der Waals surface area contributed by atoms with Gasteiger partial charge in [-0.3, -0.25) is 19.2 Å². The van der Waals surface area contributed by atoms with E-state index in [0.29, 0.717) is 66.8 Å². The SMILES string of the molecule is CC(C)(C)c1cc(CC(CCCCC(C(Cc2cc(C(C)(C)C)c(O)c(C(C)(C)C)c2)C(=O)O)(C(Cc2cc(C(C)(C)C)c(O)c(C(C)(C)C)c2)C(=O)O)C(Cc2cc(C(C)(C)C)c(O)c(C(C)(C)C)c2)C(=O)O)C(=O)O)cc(C(C)(C)C)c1O. The Morgan fingerprint density at radius 3 is 0.659 bits per heavy atom. The minimum absolute atomic E-state index is 0.0271. The number of hydrogen-bond acceptors (Lipinski definition) is 8. The molecule has 85 heavy (non-hydrogen) atoms. The Morgan fingerprint density at radius 1 is 0.306 bits per heavy atom. The average molecular weight is 1180 g/mol. The highest BCUT2D eigenvalue weighted by Gasteiger charge is 2.58. The van der Waals surface area contributed by atoms with Gasteiger partial charge in [-0.25, -0.2) is 0 Å². The van der Waals surface area contributed by atoms with E-state index in [1.54, 1.807) is 36.4 Å². The second-order valence-corrected chi connectivity index (χ2v) is 33.0. The number of unbranched alkanes of at least 4 members (excludes halogenated alkanes) is 1. The molecule has 12 nitrogen and oxygen atoms in total. The molecule has 0 aliphatic heterocycles. The molecule has 0 bridgehead atoms. The molecule has 472 valence electrons. The molecular weight excluding hydrogens is 1070 g/mol. The zero-order valence-electron chi connectivity index (χ0n) is 56.3. The summed E-state index contributed by atoms with van der Waals surface area (Å²) in [7, 11) is 0. The van der Waals surface area contributed by atoms with Crippen molar-refractivity contribution in [3.05, 3.63) is 115 Å². The van der Waals surface area contributed by atoms with Crippen LogP contribution in [-0.2, 0) is 88.2 Å². The highest BCUT2D eigenvalue weighted by atomic mass is 16.4. The molecular formula is C73H108O12. The van der Waals surface area contributed by atoms with Crippen LogP contribution in [0.3, 0.4) is 0 Å². The maximum atomic E-state index is 15.0. The number of phenols is 4. The summed E-state index contributed by atoms with van der Waals surface area (Å²) in [4.78, 5) is 58.5. The Labute approximate surface area is 509 Å². The van der Waals surface area contributed by atoms with Gasteiger partial charge in [0.15, 0.2) is 0 Å². The Hall–Kier alpha value is -6.04. The Morgan fingerprint density at radius 2 is 0.494 bits per heavy atom. The average Bonchev–Trinajstić information content (AvgIpc) is 0.986. The second kappa shape index (κ2) is 25.0. The van der Waals surface area contributed by atoms with Crippen LogP contribution in [-0.4, -0.2) is 64.7 Å². The minimum atomic E-state index is -2.19. The lowest BCUT2D eigenvalue weighted by atomic mass is 9.53. The molecule has 0 spiro atoms. The first-order valence-electron chi connectivity index (χ1n) is 30.6. The molecule has 4 unspecified atom stereocenters. The van der Waals surface area contributed by atoms with Crippen molar-refractivity contribution in [2.75, 3.05) is 0 Å². The molecule has 0 radical (unpaired) electrons. The fraction of sp³-hybridized carbons (Fsp3) is 0.616. The van der Waals surface area contributed by atoms with E-state index in [9.17, 15) is 45.6 Å². The largest absolute Gasteiger partial charge is 0.507 e. The molecule has 0 saturated heterocycles. The van der Waals surface area contributed by atoms with Gasteiger partial charge < -0.3 is 40.9 Å². The van der Waals surface area contributed by atoms with Gasteiger partial charge in [-0.2, -0.15) is 0 Å². The minimum Gasteiger partial charge on any atom is -0.507 e. The number of aromatic hydroxyl groups is 4. The maximum Gasteiger partial charge on any atom is 0.307 e. The van der Waals surface area contributed by atoms with Crippen LogP contribution in [0.25, 0.3) is 0 Å². The zero-order chi connectivity index (χ0) is 65.7. The van der Waals surface area contributed by atoms with Crippen molar-refractivity contribution < 1.29 is 60.0 Å². The normalized spacial score (nSPS) is 15.4. The molecule has 0 saturated carbocycles. The van der Waals surface area contributed by atoms with Gasteiger partial charge in [0.1, 0.15) is 23.0 Å². The lowest BCUT2D eigenvalue weighted by molar-refractivity contribution is -0.169. The summed E-state index contributed by atoms with van der Waals surface area (Å²) in [6.45, 7) is 46.7. The number of carboxylic acids is 4. The van der Waals surface area contributed by atoms with Gasteiger partial charge in [-0.05, 0) is 149 Å². The molecule has 0 amide bonds. The van der Waals surface area contributed by atoms with Crippen molar-refractivity contribution in [3.8, 4) is 23.0 Å². The highest BCUT2D eigenvalue weighted by molar-refractivity contribution is 5.81. The molecule has 0 aliphatic rings. The molecule has 0 aromatic heterocycles. The van der Waals surface area contributed by atoms with Crippen molar-refractivity contribution in [3.63, 3.8) is 0 Å². The van der Waals surface area contributed by atoms with E-state index in [1.165, 1.54) is 0 Å². The van der Waals surface area contributed by atoms with Crippen LogP contribution in [0, 0.1) is 29.1 Å². The topological polar surface area (TPSA) is 230 Å². The smallest absolute Gasteiger partial charge is 0.307 e. The van der Waals surface area contributed by atoms with Crippen molar-refractivity contribution in [2.24, 2.45) is 29.1 Å². The van der Waals surface area contributed by atoms with Crippen molar-refractivity contribution in [1.82, 2.24) is 0 Å². The van der Waals surface area contributed by atoms with Crippen LogP contribution in [0.4, 0.5) is 0 Å². The number of aliphatic carboxylic acids is 4. The third-order valence-corrected chi connectivity index (χ3v) is 17.5. The van der Waals surface area contributed by atoms with Gasteiger partial charge in [-0.1, -0.05) is 228 Å². The van der Waals surface area contributed by atoms with E-state index in [4.69, 9.17) is 0 Å². The first kappa shape index (κ1) is 71.4. The second-order valence-electron chi connectivity index (χ2n) is 33.0. The Kier molecular flexibility index (Phi) is 21.0. The molecule has 0 heterocycles. The third-order valence-electron chi connectivity index (χ3n) is 17.5. The quantitative estimate of drug-likeness (QED) is 0.0387. The lowest BCUT2D eigenvalue weighted by Crippen LogP contribution is -2.54. The molecule has 4 atom stereocenters. The van der Waals surface area contributed by atoms with Crippen molar-refractivity contribution in [2.45, 2.75) is 261 Å². The summed E-state index contributed by atoms with van der Waals surface area (Å²) in [5.41, 5.74) is -0.430. The zero-order valence-corrected chi connectivity index (χ0v) is 56.3. The standard InChI is InChI=1S/C73H108O12/c1-65(2,3)46-30-41(31-47(57(46)74)66(4,5)6)29-45(61(78)79)27-25-26-28-73(54(62(80)81)38-42-32-48(67(7,8)9)58(75)49(33-42)68(10,11)12,55(63(82)83)39-43-34-50(69(13,14)15)59(76)51(35-43)70(16,17)18)56(64(84)85)40-44-36-52(71(19,20)21)60(77)53(37-44)72(22,23)24/h30-37,45,54-56,74-77H,25-29,38-40H2,1-24H3,(H,78,79)(H,80,81)(H,82,83)(H,84,85). The molecule has 0 fully saturated rings. The monoisotopic (exact) mass is 1180 g/mol. The summed E-state index contributed by atoms with van der Waals surface area (Å²) in [6, 6.07) is 14.2. The summed E-state index contributed by atoms with van der Waals surface area (Å²) in [5, 5.41) is 95.1. The number of carboxylic acid groups (broad SMARTS) is 4. The fourth-order valence-corrected chi connectivity index (χ4v) is 12.7. The molecule has 8 N–H and O–H groups in total. The van der Waals surface area contributed by atoms with E-state index in [0.717, 1.165) is 0 Å². The number of carbonyl (C=O) groups is 4. The summed E-state index contributed by atoms with van der Waals surface area (Å²) in [6.07, 6.45) is -0.974. The van der Waals surface area contributed by atoms with Crippen LogP contribution in [0.1, 0.15) is 259 Å². The van der Waals surface area contributed by atoms with Crippen LogP contribution < -0.4 is 0 Å². The van der Waals surface area contributed by atoms with Gasteiger partial charge in [-0.15, -0.1) is 0 Å². The van der Waals surface area contributed by atoms with Gasteiger partial charge in [0, 0.05) is 5.41 Å². The van der Waals surface area contributed by atoms with Gasteiger partial charge >= 0.3 is 23.9 Å². The van der Waals surface area contributed by atoms with E-state index in [1.807, 2.05) is 178 Å². The molecule has 12 heteroatoms. The predicted molar refractivity (Wildman–Crippen MR) is 342 cm³/mol. The first-order valence-corrected chi connectivity index (χ1v) is 30.6. The van der Waals surface area contributed by atoms with Crippen molar-refractivity contribution in [1.29, 1.82) is 0 Å². The molecule has 4 rings (SSSR count). The van der Waals surface area contributed by atoms with Crippen LogP contribution >= 0.6 is 0 Å². The van der Waals surface area contributed by atoms with Gasteiger partial charge in [0.05, 0.1) is 23.7 Å². The van der Waals surface area contributed by atoms with Crippen LogP contribution in [0.15, 0.2) is 48.5 Å². The van der Waals surface area contributed by atoms with E-state index < -0.39 is 96.3 Å².